The first-order valence-corrected chi connectivity index (χ1v) is 8.15. The van der Waals surface area contributed by atoms with Crippen LogP contribution in [0.4, 0.5) is 0 Å². The number of nitrogens with two attached hydrogens (primary N) is 1. The minimum absolute atomic E-state index is 0.0910. The standard InChI is InChI=1S/C13H15BrIN3O2/c14-10-5-4-8(15)7-9(10)13(19)18-6-2-1-3-11(18)12(16)17-20/h4-5,7,11,20H,1-3,6H2,(H2,16,17). The molecule has 1 heterocycles. The molecule has 0 spiro atoms. The Morgan fingerprint density at radius 2 is 2.25 bits per heavy atom. The van der Waals surface area contributed by atoms with E-state index in [2.05, 4.69) is 43.7 Å². The zero-order valence-electron chi connectivity index (χ0n) is 10.7. The second kappa shape index (κ2) is 6.75. The summed E-state index contributed by atoms with van der Waals surface area (Å²) in [4.78, 5) is 14.4. The van der Waals surface area contributed by atoms with Gasteiger partial charge in [-0.25, -0.2) is 0 Å². The van der Waals surface area contributed by atoms with Crippen LogP contribution in [0.3, 0.4) is 0 Å². The van der Waals surface area contributed by atoms with E-state index in [1.54, 1.807) is 4.90 Å². The molecule has 5 nitrogen and oxygen atoms in total. The summed E-state index contributed by atoms with van der Waals surface area (Å²) in [6, 6.07) is 5.30. The first-order chi connectivity index (χ1) is 9.54. The molecule has 3 N–H and O–H groups in total. The van der Waals surface area contributed by atoms with Gasteiger partial charge < -0.3 is 15.8 Å². The van der Waals surface area contributed by atoms with Crippen molar-refractivity contribution in [2.45, 2.75) is 25.3 Å². The summed E-state index contributed by atoms with van der Waals surface area (Å²) < 4.78 is 1.75. The van der Waals surface area contributed by atoms with Crippen molar-refractivity contribution in [3.05, 3.63) is 31.8 Å². The molecular formula is C13H15BrIN3O2. The van der Waals surface area contributed by atoms with Crippen LogP contribution in [0, 0.1) is 3.57 Å². The smallest absolute Gasteiger partial charge is 0.255 e. The van der Waals surface area contributed by atoms with Crippen LogP contribution >= 0.6 is 38.5 Å². The van der Waals surface area contributed by atoms with Crippen molar-refractivity contribution in [1.29, 1.82) is 0 Å². The Labute approximate surface area is 139 Å². The molecule has 1 unspecified atom stereocenters. The Morgan fingerprint density at radius 3 is 2.95 bits per heavy atom. The zero-order chi connectivity index (χ0) is 14.7. The topological polar surface area (TPSA) is 78.9 Å². The van der Waals surface area contributed by atoms with E-state index in [1.807, 2.05) is 18.2 Å². The lowest BCUT2D eigenvalue weighted by Gasteiger charge is -2.35. The van der Waals surface area contributed by atoms with Crippen molar-refractivity contribution in [3.63, 3.8) is 0 Å². The normalized spacial score (nSPS) is 20.0. The van der Waals surface area contributed by atoms with E-state index in [4.69, 9.17) is 10.9 Å². The Kier molecular flexibility index (Phi) is 5.25. The quantitative estimate of drug-likeness (QED) is 0.238. The third-order valence-corrected chi connectivity index (χ3v) is 4.74. The molecule has 1 aromatic carbocycles. The number of piperidine rings is 1. The van der Waals surface area contributed by atoms with Gasteiger partial charge in [0.2, 0.25) is 0 Å². The van der Waals surface area contributed by atoms with Crippen LogP contribution < -0.4 is 5.73 Å². The van der Waals surface area contributed by atoms with Crippen LogP contribution in [0.5, 0.6) is 0 Å². The lowest BCUT2D eigenvalue weighted by Crippen LogP contribution is -2.50. The molecule has 0 aromatic heterocycles. The van der Waals surface area contributed by atoms with Gasteiger partial charge >= 0.3 is 0 Å². The lowest BCUT2D eigenvalue weighted by atomic mass is 10.00. The van der Waals surface area contributed by atoms with Crippen LogP contribution in [-0.4, -0.2) is 34.4 Å². The van der Waals surface area contributed by atoms with Crippen molar-refractivity contribution in [1.82, 2.24) is 4.90 Å². The molecule has 1 aromatic rings. The SMILES string of the molecule is N/C(=N/O)C1CCCCN1C(=O)c1cc(I)ccc1Br. The number of hydrogen-bond donors (Lipinski definition) is 2. The van der Waals surface area contributed by atoms with E-state index in [-0.39, 0.29) is 17.8 Å². The maximum atomic E-state index is 12.7. The van der Waals surface area contributed by atoms with E-state index in [0.29, 0.717) is 12.1 Å². The van der Waals surface area contributed by atoms with Crippen molar-refractivity contribution < 1.29 is 10.0 Å². The lowest BCUT2D eigenvalue weighted by molar-refractivity contribution is 0.0675. The molecule has 0 radical (unpaired) electrons. The Bertz CT molecular complexity index is 550. The third kappa shape index (κ3) is 3.25. The number of oxime groups is 1. The molecule has 2 rings (SSSR count). The van der Waals surface area contributed by atoms with Gasteiger partial charge in [-0.1, -0.05) is 5.16 Å². The van der Waals surface area contributed by atoms with E-state index in [9.17, 15) is 4.79 Å². The number of hydrogen-bond acceptors (Lipinski definition) is 3. The van der Waals surface area contributed by atoms with Gasteiger partial charge in [0.15, 0.2) is 5.84 Å². The minimum atomic E-state index is -0.328. The number of carbonyl (C=O) groups excluding carboxylic acids is 1. The van der Waals surface area contributed by atoms with Gasteiger partial charge in [0.05, 0.1) is 11.6 Å². The second-order valence-corrected chi connectivity index (χ2v) is 6.76. The summed E-state index contributed by atoms with van der Waals surface area (Å²) in [6.07, 6.45) is 2.63. The van der Waals surface area contributed by atoms with Gasteiger partial charge in [-0.15, -0.1) is 0 Å². The number of likely N-dealkylation sites (tertiary alicyclic amines) is 1. The monoisotopic (exact) mass is 451 g/mol. The summed E-state index contributed by atoms with van der Waals surface area (Å²) in [5.74, 6) is 0.00601. The number of carbonyl (C=O) groups is 1. The summed E-state index contributed by atoms with van der Waals surface area (Å²) in [5.41, 5.74) is 6.32. The van der Waals surface area contributed by atoms with E-state index < -0.39 is 0 Å². The average Bonchev–Trinajstić information content (AvgIpc) is 2.48. The Hall–Kier alpha value is -0.830. The molecule has 108 valence electrons. The van der Waals surface area contributed by atoms with Crippen LogP contribution in [0.15, 0.2) is 27.8 Å². The zero-order valence-corrected chi connectivity index (χ0v) is 14.5. The Morgan fingerprint density at radius 1 is 1.50 bits per heavy atom. The molecule has 0 bridgehead atoms. The Balaban J connectivity index is 2.32. The number of rotatable bonds is 2. The summed E-state index contributed by atoms with van der Waals surface area (Å²) >= 11 is 5.58. The summed E-state index contributed by atoms with van der Waals surface area (Å²) in [6.45, 7) is 0.623. The van der Waals surface area contributed by atoms with Crippen LogP contribution in [0.25, 0.3) is 0 Å². The third-order valence-electron chi connectivity index (χ3n) is 3.38. The second-order valence-electron chi connectivity index (χ2n) is 4.66. The minimum Gasteiger partial charge on any atom is -0.409 e. The molecule has 1 saturated heterocycles. The number of nitrogens with zero attached hydrogens (tertiary/aromatic N) is 2. The van der Waals surface area contributed by atoms with E-state index in [1.165, 1.54) is 0 Å². The summed E-state index contributed by atoms with van der Waals surface area (Å²) in [5, 5.41) is 11.9. The highest BCUT2D eigenvalue weighted by Crippen LogP contribution is 2.25. The maximum absolute atomic E-state index is 12.7. The van der Waals surface area contributed by atoms with Crippen molar-refractivity contribution in [2.24, 2.45) is 10.9 Å². The van der Waals surface area contributed by atoms with Crippen molar-refractivity contribution >= 4 is 50.3 Å². The van der Waals surface area contributed by atoms with Gasteiger partial charge in [-0.3, -0.25) is 4.79 Å². The van der Waals surface area contributed by atoms with Crippen LogP contribution in [-0.2, 0) is 0 Å². The van der Waals surface area contributed by atoms with Gasteiger partial charge in [0.1, 0.15) is 0 Å². The van der Waals surface area contributed by atoms with Crippen LogP contribution in [0.1, 0.15) is 29.6 Å². The van der Waals surface area contributed by atoms with Crippen LogP contribution in [0.2, 0.25) is 0 Å². The van der Waals surface area contributed by atoms with Gasteiger partial charge in [-0.2, -0.15) is 0 Å². The molecule has 7 heteroatoms. The largest absolute Gasteiger partial charge is 0.409 e. The van der Waals surface area contributed by atoms with Gasteiger partial charge in [0, 0.05) is 14.6 Å². The molecule has 20 heavy (non-hydrogen) atoms. The fourth-order valence-corrected chi connectivity index (χ4v) is 3.27. The highest BCUT2D eigenvalue weighted by molar-refractivity contribution is 14.1. The van der Waals surface area contributed by atoms with E-state index in [0.717, 1.165) is 27.3 Å². The van der Waals surface area contributed by atoms with Crippen molar-refractivity contribution in [3.8, 4) is 0 Å². The number of benzene rings is 1. The molecule has 1 fully saturated rings. The van der Waals surface area contributed by atoms with E-state index >= 15 is 0 Å². The molecule has 0 aliphatic carbocycles. The molecule has 0 saturated carbocycles. The molecular weight excluding hydrogens is 437 g/mol. The molecule has 1 atom stereocenters. The van der Waals surface area contributed by atoms with Gasteiger partial charge in [-0.05, 0) is 76.0 Å². The predicted molar refractivity (Wildman–Crippen MR) is 88.9 cm³/mol. The molecule has 1 amide bonds. The number of halogens is 2. The molecule has 1 aliphatic rings. The number of amides is 1. The fourth-order valence-electron chi connectivity index (χ4n) is 2.36. The highest BCUT2D eigenvalue weighted by atomic mass is 127. The summed E-state index contributed by atoms with van der Waals surface area (Å²) in [7, 11) is 0. The highest BCUT2D eigenvalue weighted by Gasteiger charge is 2.31. The van der Waals surface area contributed by atoms with Gasteiger partial charge in [0.25, 0.3) is 5.91 Å². The first-order valence-electron chi connectivity index (χ1n) is 6.28. The average molecular weight is 452 g/mol. The van der Waals surface area contributed by atoms with Crippen molar-refractivity contribution in [2.75, 3.05) is 6.54 Å². The fraction of sp³-hybridized carbons (Fsp3) is 0.385. The number of amidine groups is 1. The molecule has 1 aliphatic heterocycles. The maximum Gasteiger partial charge on any atom is 0.255 e. The first kappa shape index (κ1) is 15.6. The predicted octanol–water partition coefficient (Wildman–Crippen LogP) is 2.79.